The number of benzene rings is 3. The van der Waals surface area contributed by atoms with E-state index in [9.17, 15) is 4.79 Å². The van der Waals surface area contributed by atoms with Gasteiger partial charge in [0.15, 0.2) is 0 Å². The Bertz CT molecular complexity index is 830. The molecule has 3 rings (SSSR count). The van der Waals surface area contributed by atoms with E-state index in [1.807, 2.05) is 60.7 Å². The zero-order valence-corrected chi connectivity index (χ0v) is 14.1. The summed E-state index contributed by atoms with van der Waals surface area (Å²) >= 11 is 6.92. The lowest BCUT2D eigenvalue weighted by Gasteiger charge is -2.09. The summed E-state index contributed by atoms with van der Waals surface area (Å²) in [7, 11) is 0. The second kappa shape index (κ2) is 6.00. The summed E-state index contributed by atoms with van der Waals surface area (Å²) < 4.78 is 1.91. The van der Waals surface area contributed by atoms with E-state index < -0.39 is 0 Å². The Morgan fingerprint density at radius 2 is 1.57 bits per heavy atom. The first kappa shape index (κ1) is 14.3. The maximum absolute atomic E-state index is 12.5. The highest BCUT2D eigenvalue weighted by Gasteiger charge is 2.11. The van der Waals surface area contributed by atoms with E-state index in [1.54, 1.807) is 0 Å². The van der Waals surface area contributed by atoms with Crippen molar-refractivity contribution < 1.29 is 4.79 Å². The average molecular weight is 405 g/mol. The third-order valence-corrected chi connectivity index (χ3v) is 4.38. The Morgan fingerprint density at radius 3 is 2.38 bits per heavy atom. The highest BCUT2D eigenvalue weighted by atomic mass is 79.9. The maximum Gasteiger partial charge on any atom is 0.256 e. The van der Waals surface area contributed by atoms with E-state index in [1.165, 1.54) is 0 Å². The first-order valence-electron chi connectivity index (χ1n) is 6.39. The van der Waals surface area contributed by atoms with Crippen LogP contribution in [0.3, 0.4) is 0 Å². The smallest absolute Gasteiger partial charge is 0.256 e. The van der Waals surface area contributed by atoms with Crippen LogP contribution in [0.15, 0.2) is 69.6 Å². The molecule has 1 amide bonds. The second-order valence-electron chi connectivity index (χ2n) is 4.61. The van der Waals surface area contributed by atoms with Crippen LogP contribution in [-0.4, -0.2) is 5.91 Å². The van der Waals surface area contributed by atoms with Crippen molar-refractivity contribution in [2.24, 2.45) is 0 Å². The van der Waals surface area contributed by atoms with E-state index >= 15 is 0 Å². The molecule has 0 fully saturated rings. The van der Waals surface area contributed by atoms with Crippen LogP contribution in [0.4, 0.5) is 5.69 Å². The highest BCUT2D eigenvalue weighted by molar-refractivity contribution is 9.11. The molecule has 3 aromatic carbocycles. The molecule has 0 aliphatic rings. The fraction of sp³-hybridized carbons (Fsp3) is 0. The Kier molecular flexibility index (Phi) is 4.08. The van der Waals surface area contributed by atoms with Crippen molar-refractivity contribution in [1.82, 2.24) is 0 Å². The number of rotatable bonds is 2. The normalized spacial score (nSPS) is 10.6. The minimum atomic E-state index is -0.114. The number of nitrogens with one attached hydrogen (secondary N) is 1. The summed E-state index contributed by atoms with van der Waals surface area (Å²) in [6.07, 6.45) is 0. The molecule has 104 valence electrons. The Hall–Kier alpha value is -1.65. The molecule has 0 aliphatic carbocycles. The van der Waals surface area contributed by atoms with Gasteiger partial charge in [0, 0.05) is 20.2 Å². The number of carbonyl (C=O) groups excluding carboxylic acids is 1. The lowest BCUT2D eigenvalue weighted by molar-refractivity contribution is 0.102. The monoisotopic (exact) mass is 403 g/mol. The van der Waals surface area contributed by atoms with Gasteiger partial charge in [-0.15, -0.1) is 0 Å². The van der Waals surface area contributed by atoms with Gasteiger partial charge in [0.05, 0.1) is 0 Å². The van der Waals surface area contributed by atoms with Crippen molar-refractivity contribution in [2.75, 3.05) is 5.32 Å². The van der Waals surface area contributed by atoms with Gasteiger partial charge in [0.25, 0.3) is 5.91 Å². The third-order valence-electron chi connectivity index (χ3n) is 3.20. The van der Waals surface area contributed by atoms with Crippen molar-refractivity contribution in [3.8, 4) is 0 Å². The van der Waals surface area contributed by atoms with E-state index in [-0.39, 0.29) is 5.91 Å². The molecule has 3 aromatic rings. The van der Waals surface area contributed by atoms with Gasteiger partial charge in [-0.1, -0.05) is 62.2 Å². The number of amides is 1. The van der Waals surface area contributed by atoms with Gasteiger partial charge in [-0.25, -0.2) is 0 Å². The SMILES string of the molecule is O=C(Nc1cccc(Br)c1)c1cccc2c(Br)cccc12. The minimum Gasteiger partial charge on any atom is -0.322 e. The van der Waals surface area contributed by atoms with Crippen LogP contribution in [0.25, 0.3) is 10.8 Å². The number of anilines is 1. The van der Waals surface area contributed by atoms with Crippen LogP contribution in [0.2, 0.25) is 0 Å². The number of fused-ring (bicyclic) bond motifs is 1. The van der Waals surface area contributed by atoms with Crippen LogP contribution in [-0.2, 0) is 0 Å². The van der Waals surface area contributed by atoms with Crippen LogP contribution in [0.1, 0.15) is 10.4 Å². The fourth-order valence-corrected chi connectivity index (χ4v) is 3.13. The van der Waals surface area contributed by atoms with Crippen molar-refractivity contribution >= 4 is 54.2 Å². The van der Waals surface area contributed by atoms with E-state index in [0.29, 0.717) is 5.56 Å². The summed E-state index contributed by atoms with van der Waals surface area (Å²) in [6.45, 7) is 0. The molecule has 21 heavy (non-hydrogen) atoms. The molecule has 0 bridgehead atoms. The summed E-state index contributed by atoms with van der Waals surface area (Å²) in [4.78, 5) is 12.5. The molecule has 4 heteroatoms. The van der Waals surface area contributed by atoms with Gasteiger partial charge in [-0.2, -0.15) is 0 Å². The predicted octanol–water partition coefficient (Wildman–Crippen LogP) is 5.62. The molecule has 0 aliphatic heterocycles. The third kappa shape index (κ3) is 3.01. The summed E-state index contributed by atoms with van der Waals surface area (Å²) in [5.41, 5.74) is 1.43. The molecular formula is C17H11Br2NO. The fourth-order valence-electron chi connectivity index (χ4n) is 2.23. The molecule has 0 saturated carbocycles. The molecule has 0 radical (unpaired) electrons. The predicted molar refractivity (Wildman–Crippen MR) is 93.7 cm³/mol. The number of hydrogen-bond acceptors (Lipinski definition) is 1. The molecule has 0 heterocycles. The average Bonchev–Trinajstić information content (AvgIpc) is 2.47. The van der Waals surface area contributed by atoms with Gasteiger partial charge < -0.3 is 5.32 Å². The summed E-state index contributed by atoms with van der Waals surface area (Å²) in [5, 5.41) is 4.88. The molecule has 2 nitrogen and oxygen atoms in total. The van der Waals surface area contributed by atoms with E-state index in [4.69, 9.17) is 0 Å². The minimum absolute atomic E-state index is 0.114. The first-order chi connectivity index (χ1) is 10.1. The molecule has 0 unspecified atom stereocenters. The van der Waals surface area contributed by atoms with Crippen LogP contribution < -0.4 is 5.32 Å². The van der Waals surface area contributed by atoms with Crippen LogP contribution in [0.5, 0.6) is 0 Å². The maximum atomic E-state index is 12.5. The summed E-state index contributed by atoms with van der Waals surface area (Å²) in [5.74, 6) is -0.114. The van der Waals surface area contributed by atoms with Crippen molar-refractivity contribution in [1.29, 1.82) is 0 Å². The molecule has 0 spiro atoms. The molecule has 1 N–H and O–H groups in total. The highest BCUT2D eigenvalue weighted by Crippen LogP contribution is 2.27. The molecular weight excluding hydrogens is 394 g/mol. The number of carbonyl (C=O) groups is 1. The number of hydrogen-bond donors (Lipinski definition) is 1. The molecule has 0 saturated heterocycles. The quantitative estimate of drug-likeness (QED) is 0.590. The Balaban J connectivity index is 2.00. The van der Waals surface area contributed by atoms with Crippen LogP contribution in [0, 0.1) is 0 Å². The second-order valence-corrected chi connectivity index (χ2v) is 6.38. The lowest BCUT2D eigenvalue weighted by Crippen LogP contribution is -2.12. The number of halogens is 2. The standard InChI is InChI=1S/C17H11Br2NO/c18-11-4-1-5-12(10-11)20-17(21)15-8-2-7-14-13(15)6-3-9-16(14)19/h1-10H,(H,20,21). The van der Waals surface area contributed by atoms with E-state index in [0.717, 1.165) is 25.4 Å². The van der Waals surface area contributed by atoms with E-state index in [2.05, 4.69) is 37.2 Å². The molecule has 0 atom stereocenters. The zero-order chi connectivity index (χ0) is 14.8. The van der Waals surface area contributed by atoms with Crippen LogP contribution >= 0.6 is 31.9 Å². The lowest BCUT2D eigenvalue weighted by atomic mass is 10.0. The zero-order valence-electron chi connectivity index (χ0n) is 10.9. The van der Waals surface area contributed by atoms with Gasteiger partial charge >= 0.3 is 0 Å². The van der Waals surface area contributed by atoms with Crippen molar-refractivity contribution in [2.45, 2.75) is 0 Å². The largest absolute Gasteiger partial charge is 0.322 e. The Labute approximate surface area is 139 Å². The van der Waals surface area contributed by atoms with Gasteiger partial charge in [-0.3, -0.25) is 4.79 Å². The topological polar surface area (TPSA) is 29.1 Å². The van der Waals surface area contributed by atoms with Gasteiger partial charge in [0.1, 0.15) is 0 Å². The Morgan fingerprint density at radius 1 is 0.857 bits per heavy atom. The first-order valence-corrected chi connectivity index (χ1v) is 7.98. The van der Waals surface area contributed by atoms with Gasteiger partial charge in [-0.05, 0) is 41.1 Å². The van der Waals surface area contributed by atoms with Crippen molar-refractivity contribution in [3.05, 3.63) is 75.2 Å². The molecule has 0 aromatic heterocycles. The van der Waals surface area contributed by atoms with Crippen molar-refractivity contribution in [3.63, 3.8) is 0 Å². The summed E-state index contributed by atoms with van der Waals surface area (Å²) in [6, 6.07) is 19.1. The van der Waals surface area contributed by atoms with Gasteiger partial charge in [0.2, 0.25) is 0 Å².